The van der Waals surface area contributed by atoms with Crippen molar-refractivity contribution < 1.29 is 28.5 Å². The van der Waals surface area contributed by atoms with E-state index in [1.807, 2.05) is 24.3 Å². The van der Waals surface area contributed by atoms with Crippen LogP contribution in [-0.2, 0) is 20.8 Å². The first-order valence-corrected chi connectivity index (χ1v) is 9.55. The molecule has 0 unspecified atom stereocenters. The van der Waals surface area contributed by atoms with E-state index in [4.69, 9.17) is 18.9 Å². The number of rotatable bonds is 9. The lowest BCUT2D eigenvalue weighted by molar-refractivity contribution is -0.124. The second-order valence-electron chi connectivity index (χ2n) is 6.67. The highest BCUT2D eigenvalue weighted by Crippen LogP contribution is 2.17. The maximum Gasteiger partial charge on any atom is 0.338 e. The van der Waals surface area contributed by atoms with Crippen molar-refractivity contribution in [3.05, 3.63) is 59.7 Å². The van der Waals surface area contributed by atoms with Gasteiger partial charge in [-0.1, -0.05) is 12.1 Å². The van der Waals surface area contributed by atoms with E-state index < -0.39 is 5.97 Å². The quantitative estimate of drug-likeness (QED) is 0.653. The second kappa shape index (κ2) is 10.5. The van der Waals surface area contributed by atoms with Crippen molar-refractivity contribution in [3.63, 3.8) is 0 Å². The van der Waals surface area contributed by atoms with Crippen molar-refractivity contribution in [3.8, 4) is 11.5 Å². The Bertz CT molecular complexity index is 797. The first-order valence-electron chi connectivity index (χ1n) is 9.55. The number of benzene rings is 2. The molecule has 0 bridgehead atoms. The van der Waals surface area contributed by atoms with Crippen LogP contribution in [0.1, 0.15) is 28.8 Å². The van der Waals surface area contributed by atoms with Crippen molar-refractivity contribution in [2.45, 2.75) is 25.5 Å². The number of carbonyl (C=O) groups excluding carboxylic acids is 2. The molecule has 1 saturated heterocycles. The molecule has 0 aromatic heterocycles. The van der Waals surface area contributed by atoms with Crippen LogP contribution in [-0.4, -0.2) is 44.9 Å². The Morgan fingerprint density at radius 2 is 1.79 bits per heavy atom. The van der Waals surface area contributed by atoms with E-state index in [0.717, 1.165) is 30.8 Å². The lowest BCUT2D eigenvalue weighted by atomic mass is 10.2. The molecule has 2 aromatic rings. The van der Waals surface area contributed by atoms with E-state index in [-0.39, 0.29) is 18.6 Å². The number of nitrogens with one attached hydrogen (secondary N) is 1. The largest absolute Gasteiger partial charge is 0.497 e. The van der Waals surface area contributed by atoms with Gasteiger partial charge in [-0.25, -0.2) is 4.79 Å². The SMILES string of the molecule is COc1ccc(CNC(=O)COC(=O)c2ccc(OC[C@H]3CCCO3)cc2)cc1. The monoisotopic (exact) mass is 399 g/mol. The van der Waals surface area contributed by atoms with Crippen LogP contribution >= 0.6 is 0 Å². The van der Waals surface area contributed by atoms with Crippen LogP contribution < -0.4 is 14.8 Å². The Morgan fingerprint density at radius 3 is 2.45 bits per heavy atom. The second-order valence-corrected chi connectivity index (χ2v) is 6.67. The van der Waals surface area contributed by atoms with E-state index in [1.165, 1.54) is 0 Å². The number of esters is 1. The molecular formula is C22H25NO6. The average Bonchev–Trinajstić information content (AvgIpc) is 3.29. The van der Waals surface area contributed by atoms with Gasteiger partial charge in [0.1, 0.15) is 18.1 Å². The molecule has 1 fully saturated rings. The normalized spacial score (nSPS) is 15.6. The van der Waals surface area contributed by atoms with Gasteiger partial charge in [-0.2, -0.15) is 0 Å². The summed E-state index contributed by atoms with van der Waals surface area (Å²) >= 11 is 0. The first-order chi connectivity index (χ1) is 14.1. The third-order valence-corrected chi connectivity index (χ3v) is 4.53. The Balaban J connectivity index is 1.38. The molecule has 29 heavy (non-hydrogen) atoms. The number of amides is 1. The van der Waals surface area contributed by atoms with E-state index in [2.05, 4.69) is 5.32 Å². The summed E-state index contributed by atoms with van der Waals surface area (Å²) in [5.41, 5.74) is 1.28. The van der Waals surface area contributed by atoms with Crippen molar-refractivity contribution in [2.24, 2.45) is 0 Å². The molecule has 1 heterocycles. The molecule has 0 radical (unpaired) electrons. The van der Waals surface area contributed by atoms with Crippen molar-refractivity contribution in [1.82, 2.24) is 5.32 Å². The molecule has 7 nitrogen and oxygen atoms in total. The van der Waals surface area contributed by atoms with Gasteiger partial charge in [-0.15, -0.1) is 0 Å². The van der Waals surface area contributed by atoms with Crippen LogP contribution in [0.15, 0.2) is 48.5 Å². The summed E-state index contributed by atoms with van der Waals surface area (Å²) in [5.74, 6) is 0.479. The molecular weight excluding hydrogens is 374 g/mol. The molecule has 1 aliphatic rings. The van der Waals surface area contributed by atoms with Crippen molar-refractivity contribution >= 4 is 11.9 Å². The number of methoxy groups -OCH3 is 1. The summed E-state index contributed by atoms with van der Waals surface area (Å²) in [5, 5.41) is 2.71. The van der Waals surface area contributed by atoms with E-state index in [0.29, 0.717) is 24.5 Å². The molecule has 1 aliphatic heterocycles. The highest BCUT2D eigenvalue weighted by molar-refractivity contribution is 5.91. The van der Waals surface area contributed by atoms with Gasteiger partial charge in [0.15, 0.2) is 6.61 Å². The van der Waals surface area contributed by atoms with Gasteiger partial charge in [0.2, 0.25) is 0 Å². The fraction of sp³-hybridized carbons (Fsp3) is 0.364. The molecule has 1 atom stereocenters. The van der Waals surface area contributed by atoms with E-state index >= 15 is 0 Å². The minimum atomic E-state index is -0.560. The highest BCUT2D eigenvalue weighted by atomic mass is 16.5. The third-order valence-electron chi connectivity index (χ3n) is 4.53. The number of carbonyl (C=O) groups is 2. The zero-order valence-corrected chi connectivity index (χ0v) is 16.4. The standard InChI is InChI=1S/C22H25NO6/c1-26-18-8-4-16(5-9-18)13-23-21(24)15-29-22(25)17-6-10-19(11-7-17)28-14-20-3-2-12-27-20/h4-11,20H,2-3,12-15H2,1H3,(H,23,24)/t20-/m1/s1. The minimum absolute atomic E-state index is 0.135. The first kappa shape index (κ1) is 20.7. The fourth-order valence-corrected chi connectivity index (χ4v) is 2.86. The Kier molecular flexibility index (Phi) is 7.47. The lowest BCUT2D eigenvalue weighted by Gasteiger charge is -2.11. The van der Waals surface area contributed by atoms with Gasteiger partial charge in [0, 0.05) is 13.2 Å². The highest BCUT2D eigenvalue weighted by Gasteiger charge is 2.16. The van der Waals surface area contributed by atoms with E-state index in [1.54, 1.807) is 31.4 Å². The number of hydrogen-bond donors (Lipinski definition) is 1. The van der Waals surface area contributed by atoms with E-state index in [9.17, 15) is 9.59 Å². The minimum Gasteiger partial charge on any atom is -0.497 e. The lowest BCUT2D eigenvalue weighted by Crippen LogP contribution is -2.28. The van der Waals surface area contributed by atoms with Gasteiger partial charge in [-0.05, 0) is 54.8 Å². The fourth-order valence-electron chi connectivity index (χ4n) is 2.86. The van der Waals surface area contributed by atoms with Crippen molar-refractivity contribution in [1.29, 1.82) is 0 Å². The Hall–Kier alpha value is -3.06. The topological polar surface area (TPSA) is 83.1 Å². The molecule has 0 aliphatic carbocycles. The van der Waals surface area contributed by atoms with Crippen molar-refractivity contribution in [2.75, 3.05) is 26.9 Å². The summed E-state index contributed by atoms with van der Waals surface area (Å²) in [7, 11) is 1.59. The molecule has 7 heteroatoms. The summed E-state index contributed by atoms with van der Waals surface area (Å²) in [4.78, 5) is 24.0. The van der Waals surface area contributed by atoms with Gasteiger partial charge >= 0.3 is 5.97 Å². The predicted molar refractivity (Wildman–Crippen MR) is 106 cm³/mol. The molecule has 0 spiro atoms. The van der Waals surface area contributed by atoms with Gasteiger partial charge in [-0.3, -0.25) is 4.79 Å². The van der Waals surface area contributed by atoms with Crippen LogP contribution in [0.25, 0.3) is 0 Å². The average molecular weight is 399 g/mol. The van der Waals surface area contributed by atoms with Crippen LogP contribution in [0.3, 0.4) is 0 Å². The zero-order chi connectivity index (χ0) is 20.5. The van der Waals surface area contributed by atoms with Gasteiger partial charge in [0.05, 0.1) is 18.8 Å². The number of ether oxygens (including phenoxy) is 4. The maximum atomic E-state index is 12.1. The third kappa shape index (κ3) is 6.50. The maximum absolute atomic E-state index is 12.1. The molecule has 154 valence electrons. The zero-order valence-electron chi connectivity index (χ0n) is 16.4. The molecule has 3 rings (SSSR count). The summed E-state index contributed by atoms with van der Waals surface area (Å²) in [6, 6.07) is 14.0. The molecule has 1 amide bonds. The van der Waals surface area contributed by atoms with Crippen LogP contribution in [0.2, 0.25) is 0 Å². The summed E-state index contributed by atoms with van der Waals surface area (Å²) < 4.78 is 21.3. The number of hydrogen-bond acceptors (Lipinski definition) is 6. The van der Waals surface area contributed by atoms with Crippen LogP contribution in [0.5, 0.6) is 11.5 Å². The molecule has 0 saturated carbocycles. The van der Waals surface area contributed by atoms with Crippen LogP contribution in [0.4, 0.5) is 0 Å². The molecule has 2 aromatic carbocycles. The summed E-state index contributed by atoms with van der Waals surface area (Å²) in [6.07, 6.45) is 2.20. The Morgan fingerprint density at radius 1 is 1.07 bits per heavy atom. The Labute approximate surface area is 169 Å². The smallest absolute Gasteiger partial charge is 0.338 e. The molecule has 1 N–H and O–H groups in total. The predicted octanol–water partition coefficient (Wildman–Crippen LogP) is 2.73. The van der Waals surface area contributed by atoms with Gasteiger partial charge in [0.25, 0.3) is 5.91 Å². The summed E-state index contributed by atoms with van der Waals surface area (Å²) in [6.45, 7) is 1.29. The van der Waals surface area contributed by atoms with Crippen LogP contribution in [0, 0.1) is 0 Å². The van der Waals surface area contributed by atoms with Gasteiger partial charge < -0.3 is 24.3 Å².